The Bertz CT molecular complexity index is 681. The zero-order valence-corrected chi connectivity index (χ0v) is 10.3. The summed E-state index contributed by atoms with van der Waals surface area (Å²) in [5.74, 6) is 1.36. The smallest absolute Gasteiger partial charge is 0.148 e. The van der Waals surface area contributed by atoms with E-state index in [2.05, 4.69) is 0 Å². The van der Waals surface area contributed by atoms with Crippen LogP contribution in [-0.2, 0) is 0 Å². The Morgan fingerprint density at radius 1 is 0.895 bits per heavy atom. The molecule has 0 aliphatic rings. The van der Waals surface area contributed by atoms with Crippen LogP contribution in [0.15, 0.2) is 42.5 Å². The Morgan fingerprint density at radius 3 is 2.26 bits per heavy atom. The summed E-state index contributed by atoms with van der Waals surface area (Å²) in [5, 5.41) is 18.1. The summed E-state index contributed by atoms with van der Waals surface area (Å²) < 4.78 is 10.7. The summed E-state index contributed by atoms with van der Waals surface area (Å²) in [6, 6.07) is 15.9. The van der Waals surface area contributed by atoms with Crippen molar-refractivity contribution < 1.29 is 9.47 Å². The molecule has 4 nitrogen and oxygen atoms in total. The number of methoxy groups -OCH3 is 1. The predicted molar refractivity (Wildman–Crippen MR) is 68.9 cm³/mol. The number of rotatable bonds is 3. The third-order valence-corrected chi connectivity index (χ3v) is 2.54. The van der Waals surface area contributed by atoms with E-state index in [1.807, 2.05) is 12.1 Å². The first kappa shape index (κ1) is 12.5. The molecule has 0 aliphatic heterocycles. The van der Waals surface area contributed by atoms with Crippen LogP contribution in [0.4, 0.5) is 0 Å². The maximum atomic E-state index is 9.05. The van der Waals surface area contributed by atoms with Crippen LogP contribution in [0, 0.1) is 22.7 Å². The third kappa shape index (κ3) is 2.65. The summed E-state index contributed by atoms with van der Waals surface area (Å²) in [6.07, 6.45) is 0. The molecule has 0 N–H and O–H groups in total. The fourth-order valence-electron chi connectivity index (χ4n) is 1.57. The SMILES string of the molecule is COc1ccc(C#N)c(Oc2ccccc2C#N)c1. The molecule has 0 unspecified atom stereocenters. The molecule has 0 spiro atoms. The summed E-state index contributed by atoms with van der Waals surface area (Å²) in [7, 11) is 1.54. The minimum absolute atomic E-state index is 0.365. The highest BCUT2D eigenvalue weighted by Crippen LogP contribution is 2.30. The quantitative estimate of drug-likeness (QED) is 0.838. The molecule has 4 heteroatoms. The molecule has 0 fully saturated rings. The van der Waals surface area contributed by atoms with Gasteiger partial charge in [0.2, 0.25) is 0 Å². The normalized spacial score (nSPS) is 9.21. The number of hydrogen-bond donors (Lipinski definition) is 0. The van der Waals surface area contributed by atoms with E-state index in [1.165, 1.54) is 7.11 Å². The highest BCUT2D eigenvalue weighted by molar-refractivity contribution is 5.51. The van der Waals surface area contributed by atoms with Crippen molar-refractivity contribution in [3.8, 4) is 29.4 Å². The molecule has 0 bridgehead atoms. The van der Waals surface area contributed by atoms with Crippen molar-refractivity contribution in [2.75, 3.05) is 7.11 Å². The molecule has 0 amide bonds. The van der Waals surface area contributed by atoms with Crippen LogP contribution in [0.5, 0.6) is 17.2 Å². The highest BCUT2D eigenvalue weighted by Gasteiger charge is 2.09. The molecule has 0 saturated carbocycles. The van der Waals surface area contributed by atoms with Crippen molar-refractivity contribution in [3.05, 3.63) is 53.6 Å². The Kier molecular flexibility index (Phi) is 3.66. The van der Waals surface area contributed by atoms with Crippen molar-refractivity contribution in [1.29, 1.82) is 10.5 Å². The molecule has 0 aliphatic carbocycles. The van der Waals surface area contributed by atoms with Gasteiger partial charge in [0, 0.05) is 6.07 Å². The van der Waals surface area contributed by atoms with E-state index >= 15 is 0 Å². The molecule has 0 atom stereocenters. The molecule has 2 aromatic carbocycles. The number of hydrogen-bond acceptors (Lipinski definition) is 4. The minimum Gasteiger partial charge on any atom is -0.497 e. The van der Waals surface area contributed by atoms with Crippen molar-refractivity contribution in [1.82, 2.24) is 0 Å². The summed E-state index contributed by atoms with van der Waals surface area (Å²) in [5.41, 5.74) is 0.794. The average Bonchev–Trinajstić information content (AvgIpc) is 2.47. The average molecular weight is 250 g/mol. The van der Waals surface area contributed by atoms with E-state index < -0.39 is 0 Å². The lowest BCUT2D eigenvalue weighted by atomic mass is 10.2. The lowest BCUT2D eigenvalue weighted by Gasteiger charge is -2.10. The van der Waals surface area contributed by atoms with Gasteiger partial charge in [-0.1, -0.05) is 12.1 Å². The number of nitrogens with zero attached hydrogens (tertiary/aromatic N) is 2. The van der Waals surface area contributed by atoms with Gasteiger partial charge in [-0.2, -0.15) is 10.5 Å². The van der Waals surface area contributed by atoms with Crippen molar-refractivity contribution in [2.24, 2.45) is 0 Å². The lowest BCUT2D eigenvalue weighted by Crippen LogP contribution is -1.92. The van der Waals surface area contributed by atoms with E-state index in [0.29, 0.717) is 28.4 Å². The number of para-hydroxylation sites is 1. The maximum Gasteiger partial charge on any atom is 0.148 e. The van der Waals surface area contributed by atoms with Gasteiger partial charge in [-0.3, -0.25) is 0 Å². The molecular formula is C15H10N2O2. The van der Waals surface area contributed by atoms with Crippen LogP contribution < -0.4 is 9.47 Å². The van der Waals surface area contributed by atoms with Gasteiger partial charge in [0.15, 0.2) is 0 Å². The van der Waals surface area contributed by atoms with Gasteiger partial charge in [-0.15, -0.1) is 0 Å². The van der Waals surface area contributed by atoms with Gasteiger partial charge in [-0.05, 0) is 24.3 Å². The van der Waals surface area contributed by atoms with Crippen LogP contribution in [0.25, 0.3) is 0 Å². The molecule has 2 aromatic rings. The van der Waals surface area contributed by atoms with Crippen molar-refractivity contribution >= 4 is 0 Å². The van der Waals surface area contributed by atoms with Gasteiger partial charge >= 0.3 is 0 Å². The molecular weight excluding hydrogens is 240 g/mol. The van der Waals surface area contributed by atoms with Crippen LogP contribution in [0.1, 0.15) is 11.1 Å². The number of ether oxygens (including phenoxy) is 2. The lowest BCUT2D eigenvalue weighted by molar-refractivity contribution is 0.408. The molecule has 0 aromatic heterocycles. The van der Waals surface area contributed by atoms with Crippen LogP contribution in [0.3, 0.4) is 0 Å². The number of nitriles is 2. The monoisotopic (exact) mass is 250 g/mol. The fraction of sp³-hybridized carbons (Fsp3) is 0.0667. The summed E-state index contributed by atoms with van der Waals surface area (Å²) in [4.78, 5) is 0. The fourth-order valence-corrected chi connectivity index (χ4v) is 1.57. The first-order valence-electron chi connectivity index (χ1n) is 5.53. The molecule has 0 saturated heterocycles. The minimum atomic E-state index is 0.365. The number of benzene rings is 2. The summed E-state index contributed by atoms with van der Waals surface area (Å²) >= 11 is 0. The first-order valence-corrected chi connectivity index (χ1v) is 5.53. The largest absolute Gasteiger partial charge is 0.497 e. The standard InChI is InChI=1S/C15H10N2O2/c1-18-13-7-6-12(10-17)15(8-13)19-14-5-3-2-4-11(14)9-16/h2-8H,1H3. The van der Waals surface area contributed by atoms with E-state index in [9.17, 15) is 0 Å². The first-order chi connectivity index (χ1) is 9.28. The van der Waals surface area contributed by atoms with E-state index in [-0.39, 0.29) is 0 Å². The van der Waals surface area contributed by atoms with Crippen LogP contribution in [-0.4, -0.2) is 7.11 Å². The highest BCUT2D eigenvalue weighted by atomic mass is 16.5. The Balaban J connectivity index is 2.43. The molecule has 2 rings (SSSR count). The van der Waals surface area contributed by atoms with Crippen molar-refractivity contribution in [2.45, 2.75) is 0 Å². The zero-order chi connectivity index (χ0) is 13.7. The van der Waals surface area contributed by atoms with Gasteiger partial charge in [-0.25, -0.2) is 0 Å². The Morgan fingerprint density at radius 2 is 1.58 bits per heavy atom. The van der Waals surface area contributed by atoms with Gasteiger partial charge in [0.25, 0.3) is 0 Å². The van der Waals surface area contributed by atoms with Gasteiger partial charge in [0.05, 0.1) is 18.2 Å². The van der Waals surface area contributed by atoms with E-state index in [4.69, 9.17) is 20.0 Å². The van der Waals surface area contributed by atoms with E-state index in [1.54, 1.807) is 42.5 Å². The molecule has 0 radical (unpaired) electrons. The van der Waals surface area contributed by atoms with Gasteiger partial charge in [0.1, 0.15) is 29.4 Å². The summed E-state index contributed by atoms with van der Waals surface area (Å²) in [6.45, 7) is 0. The second kappa shape index (κ2) is 5.57. The van der Waals surface area contributed by atoms with Crippen LogP contribution >= 0.6 is 0 Å². The molecule has 92 valence electrons. The Hall–Kier alpha value is -2.98. The van der Waals surface area contributed by atoms with Gasteiger partial charge < -0.3 is 9.47 Å². The molecule has 0 heterocycles. The van der Waals surface area contributed by atoms with Crippen LogP contribution in [0.2, 0.25) is 0 Å². The maximum absolute atomic E-state index is 9.05. The van der Waals surface area contributed by atoms with E-state index in [0.717, 1.165) is 0 Å². The zero-order valence-electron chi connectivity index (χ0n) is 10.3. The predicted octanol–water partition coefficient (Wildman–Crippen LogP) is 3.23. The molecule has 19 heavy (non-hydrogen) atoms. The topological polar surface area (TPSA) is 66.0 Å². The third-order valence-electron chi connectivity index (χ3n) is 2.54. The Labute approximate surface area is 111 Å². The second-order valence-corrected chi connectivity index (χ2v) is 3.68. The second-order valence-electron chi connectivity index (χ2n) is 3.68. The van der Waals surface area contributed by atoms with Crippen molar-refractivity contribution in [3.63, 3.8) is 0 Å².